The van der Waals surface area contributed by atoms with Gasteiger partial charge in [0.1, 0.15) is 0 Å². The molecule has 0 N–H and O–H groups in total. The number of benzene rings is 9. The summed E-state index contributed by atoms with van der Waals surface area (Å²) < 4.78 is 9.50. The highest BCUT2D eigenvalue weighted by atomic mass is 15.1. The largest absolute Gasteiger partial charge is 0.309 e. The number of para-hydroxylation sites is 6. The van der Waals surface area contributed by atoms with Crippen molar-refractivity contribution in [2.24, 2.45) is 0 Å². The number of aromatic nitrogens is 6. The Morgan fingerprint density at radius 3 is 1.03 bits per heavy atom. The van der Waals surface area contributed by atoms with Gasteiger partial charge in [-0.1, -0.05) is 121 Å². The zero-order chi connectivity index (χ0) is 45.2. The van der Waals surface area contributed by atoms with Gasteiger partial charge in [0.15, 0.2) is 5.82 Å². The van der Waals surface area contributed by atoms with E-state index in [2.05, 4.69) is 218 Å². The van der Waals surface area contributed by atoms with Gasteiger partial charge < -0.3 is 18.3 Å². The van der Waals surface area contributed by atoms with Crippen LogP contribution in [0.1, 0.15) is 17.0 Å². The van der Waals surface area contributed by atoms with Crippen molar-refractivity contribution >= 4 is 87.2 Å². The van der Waals surface area contributed by atoms with E-state index in [0.29, 0.717) is 17.0 Å². The van der Waals surface area contributed by atoms with E-state index in [1.807, 2.05) is 19.9 Å². The summed E-state index contributed by atoms with van der Waals surface area (Å²) in [4.78, 5) is 9.93. The van der Waals surface area contributed by atoms with E-state index in [1.54, 1.807) is 0 Å². The van der Waals surface area contributed by atoms with Gasteiger partial charge in [0, 0.05) is 71.4 Å². The molecule has 0 radical (unpaired) electrons. The second-order valence-electron chi connectivity index (χ2n) is 17.8. The van der Waals surface area contributed by atoms with Crippen LogP contribution in [0.5, 0.6) is 0 Å². The van der Waals surface area contributed by atoms with E-state index < -0.39 is 0 Å². The van der Waals surface area contributed by atoms with Crippen molar-refractivity contribution in [2.75, 3.05) is 0 Å². The average Bonchev–Trinajstić information content (AvgIpc) is 4.10. The van der Waals surface area contributed by atoms with Gasteiger partial charge in [0.25, 0.3) is 0 Å². The summed E-state index contributed by atoms with van der Waals surface area (Å²) >= 11 is 0. The second-order valence-corrected chi connectivity index (χ2v) is 17.8. The molecule has 0 unspecified atom stereocenters. The summed E-state index contributed by atoms with van der Waals surface area (Å²) in [5, 5.41) is 20.5. The minimum atomic E-state index is 0.491. The van der Waals surface area contributed by atoms with E-state index in [9.17, 15) is 5.26 Å². The van der Waals surface area contributed by atoms with Gasteiger partial charge in [-0.3, -0.25) is 0 Å². The fourth-order valence-corrected chi connectivity index (χ4v) is 11.2. The number of hydrogen-bond donors (Lipinski definition) is 0. The predicted molar refractivity (Wildman–Crippen MR) is 279 cm³/mol. The molecule has 0 fully saturated rings. The molecule has 9 aromatic carbocycles. The maximum absolute atomic E-state index is 11.2. The fourth-order valence-electron chi connectivity index (χ4n) is 11.2. The molecule has 0 saturated carbocycles. The van der Waals surface area contributed by atoms with E-state index >= 15 is 0 Å². The van der Waals surface area contributed by atoms with Gasteiger partial charge in [-0.15, -0.1) is 0 Å². The molecule has 5 heterocycles. The molecule has 7 heteroatoms. The van der Waals surface area contributed by atoms with Gasteiger partial charge in [0.05, 0.1) is 67.1 Å². The highest BCUT2D eigenvalue weighted by Gasteiger charge is 2.25. The van der Waals surface area contributed by atoms with E-state index in [0.717, 1.165) is 99.8 Å². The van der Waals surface area contributed by atoms with Crippen LogP contribution in [0, 0.1) is 25.2 Å². The third-order valence-corrected chi connectivity index (χ3v) is 13.9. The maximum Gasteiger partial charge on any atom is 0.161 e. The Morgan fingerprint density at radius 2 is 0.662 bits per heavy atom. The van der Waals surface area contributed by atoms with Crippen LogP contribution < -0.4 is 0 Å². The predicted octanol–water partition coefficient (Wildman–Crippen LogP) is 15.0. The molecule has 0 atom stereocenters. The lowest BCUT2D eigenvalue weighted by Gasteiger charge is -2.20. The van der Waals surface area contributed by atoms with Crippen molar-refractivity contribution in [1.82, 2.24) is 28.2 Å². The van der Waals surface area contributed by atoms with Crippen molar-refractivity contribution < 1.29 is 0 Å². The number of rotatable bonds is 5. The molecule has 0 aliphatic rings. The van der Waals surface area contributed by atoms with E-state index in [-0.39, 0.29) is 0 Å². The molecule has 68 heavy (non-hydrogen) atoms. The van der Waals surface area contributed by atoms with Gasteiger partial charge in [0.2, 0.25) is 0 Å². The number of aryl methyl sites for hydroxylation is 2. The molecule has 0 spiro atoms. The average molecular weight is 870 g/mol. The molecule has 0 bridgehead atoms. The summed E-state index contributed by atoms with van der Waals surface area (Å²) in [5.41, 5.74) is 15.5. The zero-order valence-corrected chi connectivity index (χ0v) is 37.2. The minimum Gasteiger partial charge on any atom is -0.309 e. The first-order chi connectivity index (χ1) is 33.5. The Bertz CT molecular complexity index is 4360. The molecule has 0 aliphatic heterocycles. The summed E-state index contributed by atoms with van der Waals surface area (Å²) in [5.74, 6) is 0.523. The second kappa shape index (κ2) is 14.4. The van der Waals surface area contributed by atoms with Gasteiger partial charge in [-0.2, -0.15) is 5.26 Å². The highest BCUT2D eigenvalue weighted by Crippen LogP contribution is 2.43. The van der Waals surface area contributed by atoms with Crippen LogP contribution in [0.2, 0.25) is 0 Å². The highest BCUT2D eigenvalue weighted by molar-refractivity contribution is 6.14. The quantitative estimate of drug-likeness (QED) is 0.173. The minimum absolute atomic E-state index is 0.491. The summed E-state index contributed by atoms with van der Waals surface area (Å²) in [7, 11) is 0. The molecular weight excluding hydrogens is 831 g/mol. The molecule has 0 aliphatic carbocycles. The Kier molecular flexibility index (Phi) is 8.05. The molecule has 0 amide bonds. The summed E-state index contributed by atoms with van der Waals surface area (Å²) in [6, 6.07) is 74.3. The first kappa shape index (κ1) is 38.1. The molecule has 318 valence electrons. The number of nitriles is 1. The van der Waals surface area contributed by atoms with Crippen molar-refractivity contribution in [3.05, 3.63) is 217 Å². The summed E-state index contributed by atoms with van der Waals surface area (Å²) in [6.45, 7) is 3.96. The first-order valence-corrected chi connectivity index (χ1v) is 23.0. The van der Waals surface area contributed by atoms with Crippen LogP contribution in [0.15, 0.2) is 200 Å². The Morgan fingerprint density at radius 1 is 0.338 bits per heavy atom. The lowest BCUT2D eigenvalue weighted by molar-refractivity contribution is 1.05. The standard InChI is InChI=1S/C61H39N7/c1-37-31-38(2)64-61(63-37)50-35-60(68-56-26-14-8-20-47(56)49-30-28-41(34-58(49)68)66-53-23-11-5-17-44(53)45-18-6-12-24-54(45)66)59(32-39(50)36-62)67-55-25-13-7-19-46(55)48-29-27-40(33-57(48)67)65-51-21-9-3-15-42(51)43-16-4-10-22-52(43)65/h3-35H,1-2H3. The van der Waals surface area contributed by atoms with E-state index in [1.165, 1.54) is 21.5 Å². The van der Waals surface area contributed by atoms with Gasteiger partial charge in [-0.25, -0.2) is 9.97 Å². The number of hydrogen-bond acceptors (Lipinski definition) is 3. The van der Waals surface area contributed by atoms with E-state index in [4.69, 9.17) is 9.97 Å². The van der Waals surface area contributed by atoms with Crippen LogP contribution >= 0.6 is 0 Å². The van der Waals surface area contributed by atoms with Crippen molar-refractivity contribution in [2.45, 2.75) is 13.8 Å². The fraction of sp³-hybridized carbons (Fsp3) is 0.0328. The normalized spacial score (nSPS) is 12.0. The maximum atomic E-state index is 11.2. The molecule has 5 aromatic heterocycles. The van der Waals surface area contributed by atoms with Crippen LogP contribution in [-0.2, 0) is 0 Å². The zero-order valence-electron chi connectivity index (χ0n) is 37.2. The monoisotopic (exact) mass is 869 g/mol. The molecule has 7 nitrogen and oxygen atoms in total. The van der Waals surface area contributed by atoms with Crippen LogP contribution in [0.3, 0.4) is 0 Å². The van der Waals surface area contributed by atoms with Gasteiger partial charge in [-0.05, 0) is 92.7 Å². The number of fused-ring (bicyclic) bond motifs is 12. The van der Waals surface area contributed by atoms with Gasteiger partial charge >= 0.3 is 0 Å². The Labute approximate surface area is 390 Å². The molecular formula is C61H39N7. The molecule has 14 rings (SSSR count). The Hall–Kier alpha value is -9.25. The van der Waals surface area contributed by atoms with Crippen molar-refractivity contribution in [3.8, 4) is 40.2 Å². The smallest absolute Gasteiger partial charge is 0.161 e. The van der Waals surface area contributed by atoms with Crippen LogP contribution in [0.4, 0.5) is 0 Å². The third kappa shape index (κ3) is 5.40. The number of nitrogens with zero attached hydrogens (tertiary/aromatic N) is 7. The SMILES string of the molecule is Cc1cc(C)nc(-c2cc(-n3c4ccccc4c4ccc(-n5c6ccccc6c6ccccc65)cc43)c(-n3c4ccccc4c4ccc(-n5c6ccccc6c6ccccc65)cc43)cc2C#N)n1. The molecule has 0 saturated heterocycles. The molecule has 14 aromatic rings. The summed E-state index contributed by atoms with van der Waals surface area (Å²) in [6.07, 6.45) is 0. The van der Waals surface area contributed by atoms with Crippen LogP contribution in [-0.4, -0.2) is 28.2 Å². The topological polar surface area (TPSA) is 69.3 Å². The lowest BCUT2D eigenvalue weighted by atomic mass is 10.0. The van der Waals surface area contributed by atoms with Crippen molar-refractivity contribution in [1.29, 1.82) is 5.26 Å². The van der Waals surface area contributed by atoms with Crippen LogP contribution in [0.25, 0.3) is 121 Å². The Balaban J connectivity index is 1.12. The van der Waals surface area contributed by atoms with Crippen molar-refractivity contribution in [3.63, 3.8) is 0 Å². The third-order valence-electron chi connectivity index (χ3n) is 13.9. The lowest BCUT2D eigenvalue weighted by Crippen LogP contribution is -2.07. The first-order valence-electron chi connectivity index (χ1n) is 23.0.